The third-order valence-electron chi connectivity index (χ3n) is 2.37. The Morgan fingerprint density at radius 1 is 1.32 bits per heavy atom. The Hall–Kier alpha value is -1.92. The Morgan fingerprint density at radius 2 is 2.05 bits per heavy atom. The fourth-order valence-electron chi connectivity index (χ4n) is 1.51. The summed E-state index contributed by atoms with van der Waals surface area (Å²) in [7, 11) is 0. The summed E-state index contributed by atoms with van der Waals surface area (Å²) in [6.45, 7) is 1.90. The molecular formula is C13H14N4OS. The number of thioether (sulfide) groups is 1. The Kier molecular flexibility index (Phi) is 4.48. The lowest BCUT2D eigenvalue weighted by atomic mass is 10.2. The lowest BCUT2D eigenvalue weighted by Crippen LogP contribution is -2.31. The summed E-state index contributed by atoms with van der Waals surface area (Å²) in [5.41, 5.74) is 3.91. The van der Waals surface area contributed by atoms with E-state index in [0.29, 0.717) is 5.82 Å². The van der Waals surface area contributed by atoms with E-state index < -0.39 is 0 Å². The van der Waals surface area contributed by atoms with E-state index in [2.05, 4.69) is 15.4 Å². The molecule has 19 heavy (non-hydrogen) atoms. The Morgan fingerprint density at radius 3 is 2.74 bits per heavy atom. The van der Waals surface area contributed by atoms with Gasteiger partial charge in [0.15, 0.2) is 5.82 Å². The summed E-state index contributed by atoms with van der Waals surface area (Å²) in [6.07, 6.45) is 0. The van der Waals surface area contributed by atoms with E-state index in [0.717, 1.165) is 16.3 Å². The van der Waals surface area contributed by atoms with Crippen molar-refractivity contribution in [2.24, 2.45) is 5.84 Å². The van der Waals surface area contributed by atoms with Gasteiger partial charge in [0.25, 0.3) is 0 Å². The molecule has 0 saturated carbocycles. The summed E-state index contributed by atoms with van der Waals surface area (Å²) in [5, 5.41) is 0.759. The molecule has 0 atom stereocenters. The number of hydrogen-bond donors (Lipinski definition) is 2. The molecule has 2 rings (SSSR count). The number of hydrazine groups is 1. The maximum atomic E-state index is 11.1. The molecule has 2 aromatic rings. The molecule has 1 aromatic carbocycles. The number of carbonyl (C=O) groups excluding carboxylic acids is 1. The van der Waals surface area contributed by atoms with Gasteiger partial charge in [-0.2, -0.15) is 0 Å². The van der Waals surface area contributed by atoms with Crippen molar-refractivity contribution in [3.05, 3.63) is 42.1 Å². The van der Waals surface area contributed by atoms with Crippen LogP contribution in [0.5, 0.6) is 0 Å². The number of amides is 1. The zero-order chi connectivity index (χ0) is 13.7. The number of nitrogens with zero attached hydrogens (tertiary/aromatic N) is 2. The minimum absolute atomic E-state index is 0.234. The molecule has 0 fully saturated rings. The van der Waals surface area contributed by atoms with Crippen LogP contribution in [-0.4, -0.2) is 21.6 Å². The van der Waals surface area contributed by atoms with Crippen LogP contribution in [0.4, 0.5) is 0 Å². The van der Waals surface area contributed by atoms with Crippen molar-refractivity contribution < 1.29 is 4.79 Å². The van der Waals surface area contributed by atoms with Crippen LogP contribution >= 0.6 is 11.8 Å². The number of hydrogen-bond acceptors (Lipinski definition) is 5. The van der Waals surface area contributed by atoms with E-state index in [1.807, 2.05) is 43.3 Å². The highest BCUT2D eigenvalue weighted by atomic mass is 32.2. The van der Waals surface area contributed by atoms with E-state index in [4.69, 9.17) is 5.84 Å². The van der Waals surface area contributed by atoms with Crippen LogP contribution in [0.1, 0.15) is 5.69 Å². The van der Waals surface area contributed by atoms with Crippen LogP contribution < -0.4 is 11.3 Å². The van der Waals surface area contributed by atoms with Gasteiger partial charge in [0.05, 0.1) is 5.75 Å². The Bertz CT molecular complexity index is 574. The molecule has 6 heteroatoms. The monoisotopic (exact) mass is 274 g/mol. The summed E-state index contributed by atoms with van der Waals surface area (Å²) < 4.78 is 0. The van der Waals surface area contributed by atoms with Crippen LogP contribution in [0.25, 0.3) is 11.4 Å². The summed E-state index contributed by atoms with van der Waals surface area (Å²) in [5.74, 6) is 5.71. The summed E-state index contributed by atoms with van der Waals surface area (Å²) in [4.78, 5) is 20.0. The topological polar surface area (TPSA) is 80.9 Å². The number of aryl methyl sites for hydroxylation is 1. The third kappa shape index (κ3) is 3.77. The van der Waals surface area contributed by atoms with E-state index in [-0.39, 0.29) is 11.7 Å². The lowest BCUT2D eigenvalue weighted by Gasteiger charge is -2.05. The molecule has 0 bridgehead atoms. The first kappa shape index (κ1) is 13.5. The summed E-state index contributed by atoms with van der Waals surface area (Å²) in [6, 6.07) is 11.6. The maximum absolute atomic E-state index is 11.1. The van der Waals surface area contributed by atoms with Crippen molar-refractivity contribution in [1.82, 2.24) is 15.4 Å². The van der Waals surface area contributed by atoms with Crippen molar-refractivity contribution in [1.29, 1.82) is 0 Å². The highest BCUT2D eigenvalue weighted by Crippen LogP contribution is 2.21. The van der Waals surface area contributed by atoms with Gasteiger partial charge in [0.1, 0.15) is 5.03 Å². The third-order valence-corrected chi connectivity index (χ3v) is 3.29. The van der Waals surface area contributed by atoms with Gasteiger partial charge in [-0.1, -0.05) is 42.1 Å². The molecule has 0 saturated heterocycles. The van der Waals surface area contributed by atoms with Gasteiger partial charge in [-0.3, -0.25) is 10.2 Å². The largest absolute Gasteiger partial charge is 0.294 e. The van der Waals surface area contributed by atoms with Crippen molar-refractivity contribution in [2.75, 3.05) is 5.75 Å². The molecule has 0 spiro atoms. The highest BCUT2D eigenvalue weighted by molar-refractivity contribution is 7.99. The molecule has 0 unspecified atom stereocenters. The molecule has 98 valence electrons. The molecular weight excluding hydrogens is 260 g/mol. The van der Waals surface area contributed by atoms with Crippen molar-refractivity contribution in [3.8, 4) is 11.4 Å². The SMILES string of the molecule is Cc1cc(SCC(=O)NN)nc(-c2ccccc2)n1. The van der Waals surface area contributed by atoms with E-state index in [1.54, 1.807) is 0 Å². The molecule has 5 nitrogen and oxygen atoms in total. The molecule has 1 aromatic heterocycles. The lowest BCUT2D eigenvalue weighted by molar-refractivity contribution is -0.118. The predicted octanol–water partition coefficient (Wildman–Crippen LogP) is 1.53. The molecule has 1 amide bonds. The first-order chi connectivity index (χ1) is 9.19. The molecule has 0 aliphatic carbocycles. The second kappa shape index (κ2) is 6.31. The van der Waals surface area contributed by atoms with Crippen molar-refractivity contribution in [3.63, 3.8) is 0 Å². The fraction of sp³-hybridized carbons (Fsp3) is 0.154. The standard InChI is InChI=1S/C13H14N4OS/c1-9-7-12(19-8-11(18)17-14)16-13(15-9)10-5-3-2-4-6-10/h2-7H,8,14H2,1H3,(H,17,18). The van der Waals surface area contributed by atoms with Gasteiger partial charge in [0, 0.05) is 11.3 Å². The quantitative estimate of drug-likeness (QED) is 0.290. The zero-order valence-corrected chi connectivity index (χ0v) is 11.3. The normalized spacial score (nSPS) is 10.2. The predicted molar refractivity (Wildman–Crippen MR) is 75.3 cm³/mol. The first-order valence-electron chi connectivity index (χ1n) is 5.72. The van der Waals surface area contributed by atoms with Crippen LogP contribution in [-0.2, 0) is 4.79 Å². The van der Waals surface area contributed by atoms with Gasteiger partial charge in [-0.25, -0.2) is 15.8 Å². The average Bonchev–Trinajstić information content (AvgIpc) is 2.45. The molecule has 0 radical (unpaired) electrons. The second-order valence-corrected chi connectivity index (χ2v) is 4.89. The number of nitrogens with two attached hydrogens (primary N) is 1. The minimum Gasteiger partial charge on any atom is -0.294 e. The summed E-state index contributed by atoms with van der Waals surface area (Å²) >= 11 is 1.33. The van der Waals surface area contributed by atoms with Gasteiger partial charge >= 0.3 is 0 Å². The molecule has 1 heterocycles. The number of rotatable bonds is 4. The van der Waals surface area contributed by atoms with Gasteiger partial charge in [-0.15, -0.1) is 0 Å². The average molecular weight is 274 g/mol. The van der Waals surface area contributed by atoms with Crippen molar-refractivity contribution >= 4 is 17.7 Å². The van der Waals surface area contributed by atoms with E-state index in [9.17, 15) is 4.79 Å². The highest BCUT2D eigenvalue weighted by Gasteiger charge is 2.07. The number of benzene rings is 1. The van der Waals surface area contributed by atoms with Crippen LogP contribution in [0, 0.1) is 6.92 Å². The number of aromatic nitrogens is 2. The molecule has 0 aliphatic rings. The maximum Gasteiger partial charge on any atom is 0.244 e. The number of nitrogens with one attached hydrogen (secondary N) is 1. The van der Waals surface area contributed by atoms with Crippen LogP contribution in [0.15, 0.2) is 41.4 Å². The Labute approximate surface area is 115 Å². The Balaban J connectivity index is 2.22. The second-order valence-electron chi connectivity index (χ2n) is 3.89. The fourth-order valence-corrected chi connectivity index (χ4v) is 2.28. The zero-order valence-electron chi connectivity index (χ0n) is 10.5. The van der Waals surface area contributed by atoms with Gasteiger partial charge in [0.2, 0.25) is 5.91 Å². The van der Waals surface area contributed by atoms with Gasteiger partial charge < -0.3 is 0 Å². The smallest absolute Gasteiger partial charge is 0.244 e. The van der Waals surface area contributed by atoms with E-state index >= 15 is 0 Å². The van der Waals surface area contributed by atoms with Gasteiger partial charge in [-0.05, 0) is 13.0 Å². The number of carbonyl (C=O) groups is 1. The first-order valence-corrected chi connectivity index (χ1v) is 6.71. The van der Waals surface area contributed by atoms with Crippen LogP contribution in [0.3, 0.4) is 0 Å². The van der Waals surface area contributed by atoms with Crippen molar-refractivity contribution in [2.45, 2.75) is 11.9 Å². The minimum atomic E-state index is -0.234. The van der Waals surface area contributed by atoms with Crippen LogP contribution in [0.2, 0.25) is 0 Å². The van der Waals surface area contributed by atoms with E-state index in [1.165, 1.54) is 11.8 Å². The molecule has 0 aliphatic heterocycles. The molecule has 3 N–H and O–H groups in total.